The van der Waals surface area contributed by atoms with Gasteiger partial charge in [0.05, 0.1) is 13.2 Å². The minimum atomic E-state index is -0.292. The van der Waals surface area contributed by atoms with Gasteiger partial charge in [0.15, 0.2) is 0 Å². The van der Waals surface area contributed by atoms with Crippen molar-refractivity contribution in [2.24, 2.45) is 0 Å². The van der Waals surface area contributed by atoms with Gasteiger partial charge in [-0.25, -0.2) is 0 Å². The first-order chi connectivity index (χ1) is 15.6. The quantitative estimate of drug-likeness (QED) is 0.287. The van der Waals surface area contributed by atoms with Crippen LogP contribution in [0.25, 0.3) is 0 Å². The summed E-state index contributed by atoms with van der Waals surface area (Å²) in [4.78, 5) is 0. The molecular formula is C31H32O. The predicted octanol–water partition coefficient (Wildman–Crippen LogP) is 7.48. The zero-order valence-electron chi connectivity index (χ0n) is 19.3. The lowest BCUT2D eigenvalue weighted by Gasteiger charge is -2.48. The molecule has 4 aromatic carbocycles. The summed E-state index contributed by atoms with van der Waals surface area (Å²) in [5.41, 5.74) is 5.78. The molecule has 0 saturated carbocycles. The fourth-order valence-corrected chi connectivity index (χ4v) is 4.81. The topological polar surface area (TPSA) is 9.23 Å². The number of hydrogen-bond acceptors (Lipinski definition) is 1. The molecule has 1 atom stereocenters. The molecule has 32 heavy (non-hydrogen) atoms. The van der Waals surface area contributed by atoms with E-state index in [1.807, 2.05) is 0 Å². The van der Waals surface area contributed by atoms with Crippen LogP contribution in [0.2, 0.25) is 0 Å². The molecule has 0 saturated heterocycles. The molecule has 4 rings (SSSR count). The molecule has 0 unspecified atom stereocenters. The second-order valence-corrected chi connectivity index (χ2v) is 8.97. The third kappa shape index (κ3) is 4.13. The summed E-state index contributed by atoms with van der Waals surface area (Å²) in [5.74, 6) is 0. The van der Waals surface area contributed by atoms with Crippen LogP contribution in [-0.2, 0) is 22.2 Å². The Kier molecular flexibility index (Phi) is 6.58. The van der Waals surface area contributed by atoms with E-state index in [9.17, 15) is 0 Å². The second kappa shape index (κ2) is 9.54. The van der Waals surface area contributed by atoms with Crippen molar-refractivity contribution in [3.63, 3.8) is 0 Å². The Morgan fingerprint density at radius 1 is 0.562 bits per heavy atom. The van der Waals surface area contributed by atoms with E-state index >= 15 is 0 Å². The van der Waals surface area contributed by atoms with Gasteiger partial charge in [0.2, 0.25) is 0 Å². The summed E-state index contributed by atoms with van der Waals surface area (Å²) >= 11 is 0. The van der Waals surface area contributed by atoms with E-state index in [-0.39, 0.29) is 10.8 Å². The van der Waals surface area contributed by atoms with E-state index < -0.39 is 0 Å². The highest BCUT2D eigenvalue weighted by Crippen LogP contribution is 2.49. The fourth-order valence-electron chi connectivity index (χ4n) is 4.81. The molecule has 1 heteroatoms. The van der Waals surface area contributed by atoms with Crippen LogP contribution in [0.4, 0.5) is 0 Å². The van der Waals surface area contributed by atoms with Crippen LogP contribution >= 0.6 is 0 Å². The molecule has 0 amide bonds. The smallest absolute Gasteiger partial charge is 0.0719 e. The van der Waals surface area contributed by atoms with Crippen molar-refractivity contribution < 1.29 is 4.74 Å². The molecule has 0 aliphatic rings. The molecule has 0 aromatic heterocycles. The van der Waals surface area contributed by atoms with Crippen molar-refractivity contribution in [3.8, 4) is 0 Å². The van der Waals surface area contributed by atoms with E-state index in [0.29, 0.717) is 13.2 Å². The number of rotatable bonds is 8. The molecule has 1 nitrogen and oxygen atoms in total. The molecule has 0 aliphatic heterocycles. The van der Waals surface area contributed by atoms with Gasteiger partial charge < -0.3 is 4.74 Å². The Morgan fingerprint density at radius 2 is 1.00 bits per heavy atom. The van der Waals surface area contributed by atoms with E-state index in [1.165, 1.54) is 27.8 Å². The maximum absolute atomic E-state index is 6.51. The number of benzene rings is 4. The van der Waals surface area contributed by atoms with Crippen molar-refractivity contribution in [1.29, 1.82) is 0 Å². The second-order valence-electron chi connectivity index (χ2n) is 8.97. The third-order valence-electron chi connectivity index (χ3n) is 7.13. The lowest BCUT2D eigenvalue weighted by Crippen LogP contribution is -2.49. The van der Waals surface area contributed by atoms with Crippen LogP contribution in [0.1, 0.15) is 41.7 Å². The fraction of sp³-hybridized carbons (Fsp3) is 0.226. The number of hydrogen-bond donors (Lipinski definition) is 0. The highest BCUT2D eigenvalue weighted by Gasteiger charge is 2.48. The monoisotopic (exact) mass is 420 g/mol. The van der Waals surface area contributed by atoms with E-state index in [0.717, 1.165) is 0 Å². The zero-order chi connectivity index (χ0) is 22.4. The Hall–Kier alpha value is -3.16. The largest absolute Gasteiger partial charge is 0.376 e. The van der Waals surface area contributed by atoms with Crippen LogP contribution in [0.5, 0.6) is 0 Å². The molecule has 0 aliphatic carbocycles. The molecule has 0 spiro atoms. The Morgan fingerprint density at radius 3 is 1.50 bits per heavy atom. The van der Waals surface area contributed by atoms with Crippen LogP contribution in [0.15, 0.2) is 115 Å². The van der Waals surface area contributed by atoms with E-state index in [1.54, 1.807) is 0 Å². The molecule has 0 fully saturated rings. The standard InChI is InChI=1S/C31H32O/c1-25-15-13-14-16-26(25)23-32-24-30(2,27-17-7-4-8-18-27)31(3,28-19-9-5-10-20-28)29-21-11-6-12-22-29/h4-22H,23-24H2,1-3H3/t30-/m1/s1. The molecule has 0 heterocycles. The first-order valence-corrected chi connectivity index (χ1v) is 11.3. The normalized spacial score (nSPS) is 13.5. The van der Waals surface area contributed by atoms with Gasteiger partial charge in [0.25, 0.3) is 0 Å². The van der Waals surface area contributed by atoms with Crippen LogP contribution in [-0.4, -0.2) is 6.61 Å². The molecular weight excluding hydrogens is 388 g/mol. The van der Waals surface area contributed by atoms with Gasteiger partial charge >= 0.3 is 0 Å². The summed E-state index contributed by atoms with van der Waals surface area (Å²) in [7, 11) is 0. The van der Waals surface area contributed by atoms with Crippen molar-refractivity contribution in [1.82, 2.24) is 0 Å². The van der Waals surface area contributed by atoms with Crippen LogP contribution in [0.3, 0.4) is 0 Å². The van der Waals surface area contributed by atoms with Crippen molar-refractivity contribution >= 4 is 0 Å². The summed E-state index contributed by atoms with van der Waals surface area (Å²) in [6.07, 6.45) is 0. The number of ether oxygens (including phenoxy) is 1. The Balaban J connectivity index is 1.81. The van der Waals surface area contributed by atoms with Gasteiger partial charge in [-0.3, -0.25) is 0 Å². The lowest BCUT2D eigenvalue weighted by molar-refractivity contribution is 0.0523. The lowest BCUT2D eigenvalue weighted by atomic mass is 9.56. The van der Waals surface area contributed by atoms with Gasteiger partial charge in [0.1, 0.15) is 0 Å². The highest BCUT2D eigenvalue weighted by atomic mass is 16.5. The molecule has 4 aromatic rings. The third-order valence-corrected chi connectivity index (χ3v) is 7.13. The SMILES string of the molecule is Cc1ccccc1COC[C@](C)(c1ccccc1)C(C)(c1ccccc1)c1ccccc1. The van der Waals surface area contributed by atoms with Crippen LogP contribution in [0, 0.1) is 6.92 Å². The summed E-state index contributed by atoms with van der Waals surface area (Å²) in [6, 6.07) is 41.0. The first-order valence-electron chi connectivity index (χ1n) is 11.3. The molecule has 0 N–H and O–H groups in total. The van der Waals surface area contributed by atoms with Crippen LogP contribution < -0.4 is 0 Å². The van der Waals surface area contributed by atoms with Crippen molar-refractivity contribution in [3.05, 3.63) is 143 Å². The Bertz CT molecular complexity index is 1080. The predicted molar refractivity (Wildman–Crippen MR) is 134 cm³/mol. The summed E-state index contributed by atoms with van der Waals surface area (Å²) < 4.78 is 6.51. The molecule has 0 radical (unpaired) electrons. The van der Waals surface area contributed by atoms with Gasteiger partial charge in [-0.05, 0) is 34.7 Å². The summed E-state index contributed by atoms with van der Waals surface area (Å²) in [5, 5.41) is 0. The van der Waals surface area contributed by atoms with Crippen molar-refractivity contribution in [2.45, 2.75) is 38.2 Å². The highest BCUT2D eigenvalue weighted by molar-refractivity contribution is 5.47. The molecule has 0 bridgehead atoms. The molecule has 162 valence electrons. The average Bonchev–Trinajstić information content (AvgIpc) is 2.86. The van der Waals surface area contributed by atoms with Gasteiger partial charge in [0, 0.05) is 10.8 Å². The first kappa shape index (κ1) is 22.0. The zero-order valence-corrected chi connectivity index (χ0v) is 19.3. The maximum atomic E-state index is 6.51. The van der Waals surface area contributed by atoms with Gasteiger partial charge in [-0.15, -0.1) is 0 Å². The summed E-state index contributed by atoms with van der Waals surface area (Å²) in [6.45, 7) is 8.06. The number of aryl methyl sites for hydroxylation is 1. The van der Waals surface area contributed by atoms with Gasteiger partial charge in [-0.2, -0.15) is 0 Å². The minimum Gasteiger partial charge on any atom is -0.376 e. The van der Waals surface area contributed by atoms with Crippen molar-refractivity contribution in [2.75, 3.05) is 6.61 Å². The van der Waals surface area contributed by atoms with Gasteiger partial charge in [-0.1, -0.05) is 129 Å². The maximum Gasteiger partial charge on any atom is 0.0719 e. The van der Waals surface area contributed by atoms with E-state index in [4.69, 9.17) is 4.74 Å². The average molecular weight is 421 g/mol. The Labute approximate surface area is 192 Å². The minimum absolute atomic E-state index is 0.289. The van der Waals surface area contributed by atoms with E-state index in [2.05, 4.69) is 136 Å².